The summed E-state index contributed by atoms with van der Waals surface area (Å²) in [5.74, 6) is 0.324. The van der Waals surface area contributed by atoms with Crippen LogP contribution >= 0.6 is 11.6 Å². The SMILES string of the molecule is Cc1c(F)cc(C(=O)Nc2c(C(=O)N(C3CC3)C3CC3)ccc(Cl)c2-c2ccn3c(C(C)(C)C)nnc3c2)cc1-c1ccn2c(C(C)(C)C)nnc2c1. The van der Waals surface area contributed by atoms with Gasteiger partial charge < -0.3 is 10.2 Å². The lowest BCUT2D eigenvalue weighted by molar-refractivity contribution is 0.0731. The molecule has 2 amide bonds. The highest BCUT2D eigenvalue weighted by molar-refractivity contribution is 6.35. The fourth-order valence-corrected chi connectivity index (χ4v) is 7.33. The highest BCUT2D eigenvalue weighted by Crippen LogP contribution is 2.43. The second kappa shape index (κ2) is 12.5. The molecule has 2 aromatic carbocycles. The number of nitrogens with zero attached hydrogens (tertiary/aromatic N) is 7. The van der Waals surface area contributed by atoms with Gasteiger partial charge in [-0.15, -0.1) is 20.4 Å². The molecule has 0 spiro atoms. The number of anilines is 1. The van der Waals surface area contributed by atoms with Crippen molar-refractivity contribution in [3.63, 3.8) is 0 Å². The normalized spacial score (nSPS) is 15.0. The van der Waals surface area contributed by atoms with Crippen LogP contribution in [0.5, 0.6) is 0 Å². The van der Waals surface area contributed by atoms with Gasteiger partial charge in [0.05, 0.1) is 16.3 Å². The van der Waals surface area contributed by atoms with Crippen LogP contribution in [-0.2, 0) is 10.8 Å². The summed E-state index contributed by atoms with van der Waals surface area (Å²) in [4.78, 5) is 30.7. The van der Waals surface area contributed by atoms with Crippen LogP contribution in [0.15, 0.2) is 60.9 Å². The summed E-state index contributed by atoms with van der Waals surface area (Å²) in [6, 6.07) is 14.1. The fraction of sp³-hybridized carbons (Fsp3) is 0.366. The fourth-order valence-electron chi connectivity index (χ4n) is 7.06. The molecule has 2 aliphatic rings. The topological polar surface area (TPSA) is 110 Å². The average molecular weight is 733 g/mol. The molecule has 0 aliphatic heterocycles. The maximum absolute atomic E-state index is 15.7. The number of nitrogens with one attached hydrogen (secondary N) is 1. The molecule has 0 radical (unpaired) electrons. The first-order valence-electron chi connectivity index (χ1n) is 18.1. The van der Waals surface area contributed by atoms with E-state index in [0.29, 0.717) is 49.7 Å². The van der Waals surface area contributed by atoms with Gasteiger partial charge in [-0.2, -0.15) is 0 Å². The van der Waals surface area contributed by atoms with E-state index in [2.05, 4.69) is 67.3 Å². The first kappa shape index (κ1) is 34.9. The smallest absolute Gasteiger partial charge is 0.256 e. The number of benzene rings is 2. The van der Waals surface area contributed by atoms with Crippen molar-refractivity contribution in [1.82, 2.24) is 34.1 Å². The lowest BCUT2D eigenvalue weighted by Crippen LogP contribution is -2.35. The summed E-state index contributed by atoms with van der Waals surface area (Å²) < 4.78 is 19.6. The summed E-state index contributed by atoms with van der Waals surface area (Å²) in [7, 11) is 0. The Hall–Kier alpha value is -5.16. The van der Waals surface area contributed by atoms with Crippen LogP contribution < -0.4 is 5.32 Å². The van der Waals surface area contributed by atoms with E-state index in [1.165, 1.54) is 6.07 Å². The molecule has 0 bridgehead atoms. The van der Waals surface area contributed by atoms with Gasteiger partial charge >= 0.3 is 0 Å². The number of fused-ring (bicyclic) bond motifs is 2. The Morgan fingerprint density at radius 1 is 0.792 bits per heavy atom. The number of rotatable bonds is 7. The molecule has 4 heterocycles. The number of pyridine rings is 2. The molecule has 272 valence electrons. The van der Waals surface area contributed by atoms with Crippen LogP contribution in [0.3, 0.4) is 0 Å². The average Bonchev–Trinajstić information content (AvgIpc) is 4.02. The molecule has 0 saturated heterocycles. The lowest BCUT2D eigenvalue weighted by Gasteiger charge is -2.25. The Morgan fingerprint density at radius 3 is 1.89 bits per heavy atom. The number of carbonyl (C=O) groups is 2. The van der Waals surface area contributed by atoms with E-state index in [9.17, 15) is 9.59 Å². The zero-order chi connectivity index (χ0) is 37.6. The number of amides is 2. The minimum absolute atomic E-state index is 0.0908. The summed E-state index contributed by atoms with van der Waals surface area (Å²) in [6.45, 7) is 14.1. The van der Waals surface area contributed by atoms with Crippen molar-refractivity contribution < 1.29 is 14.0 Å². The summed E-state index contributed by atoms with van der Waals surface area (Å²) in [5.41, 5.74) is 4.16. The maximum Gasteiger partial charge on any atom is 0.256 e. The lowest BCUT2D eigenvalue weighted by atomic mass is 9.95. The molecule has 10 nitrogen and oxygen atoms in total. The number of aromatic nitrogens is 6. The van der Waals surface area contributed by atoms with Gasteiger partial charge in [0.15, 0.2) is 11.3 Å². The summed E-state index contributed by atoms with van der Waals surface area (Å²) in [5, 5.41) is 21.0. The quantitative estimate of drug-likeness (QED) is 0.176. The third kappa shape index (κ3) is 6.34. The Balaban J connectivity index is 1.23. The minimum Gasteiger partial charge on any atom is -0.333 e. The largest absolute Gasteiger partial charge is 0.333 e. The third-order valence-corrected chi connectivity index (χ3v) is 10.4. The first-order chi connectivity index (χ1) is 25.1. The molecular weight excluding hydrogens is 691 g/mol. The van der Waals surface area contributed by atoms with E-state index in [1.54, 1.807) is 25.1 Å². The van der Waals surface area contributed by atoms with Gasteiger partial charge in [0.1, 0.15) is 17.5 Å². The molecule has 6 aromatic rings. The van der Waals surface area contributed by atoms with Crippen LogP contribution in [-0.4, -0.2) is 58.0 Å². The third-order valence-electron chi connectivity index (χ3n) is 10.1. The van der Waals surface area contributed by atoms with E-state index in [0.717, 1.165) is 37.3 Å². The molecule has 2 fully saturated rings. The van der Waals surface area contributed by atoms with E-state index < -0.39 is 11.7 Å². The zero-order valence-corrected chi connectivity index (χ0v) is 31.7. The highest BCUT2D eigenvalue weighted by Gasteiger charge is 2.43. The molecular formula is C41H42ClFN8O2. The van der Waals surface area contributed by atoms with Gasteiger partial charge in [-0.25, -0.2) is 4.39 Å². The maximum atomic E-state index is 15.7. The molecule has 2 saturated carbocycles. The number of halogens is 2. The van der Waals surface area contributed by atoms with Crippen molar-refractivity contribution in [3.8, 4) is 22.3 Å². The van der Waals surface area contributed by atoms with Crippen molar-refractivity contribution in [3.05, 3.63) is 100 Å². The van der Waals surface area contributed by atoms with Crippen LogP contribution in [0.1, 0.15) is 105 Å². The first-order valence-corrected chi connectivity index (χ1v) is 18.5. The van der Waals surface area contributed by atoms with Crippen molar-refractivity contribution in [2.45, 2.75) is 97.1 Å². The monoisotopic (exact) mass is 732 g/mol. The standard InChI is InChI=1S/C41H42ClFN8O2/c1-22-29(23-14-16-49-32(20-23)45-47-38(49)40(2,3)4)18-25(19-31(22)43)36(52)44-35-28(37(53)51(26-8-9-26)27-10-11-27)12-13-30(42)34(35)24-15-17-50-33(21-24)46-48-39(50)41(5,6)7/h12-21,26-27H,8-11H2,1-7H3,(H,44,52). The second-order valence-corrected chi connectivity index (χ2v) is 16.8. The van der Waals surface area contributed by atoms with E-state index in [4.69, 9.17) is 11.6 Å². The Labute approximate surface area is 312 Å². The molecule has 0 unspecified atom stereocenters. The molecule has 4 aromatic heterocycles. The summed E-state index contributed by atoms with van der Waals surface area (Å²) >= 11 is 6.97. The van der Waals surface area contributed by atoms with E-state index in [1.807, 2.05) is 50.4 Å². The van der Waals surface area contributed by atoms with Gasteiger partial charge in [-0.1, -0.05) is 53.1 Å². The molecule has 0 atom stereocenters. The van der Waals surface area contributed by atoms with Crippen LogP contribution in [0.4, 0.5) is 10.1 Å². The highest BCUT2D eigenvalue weighted by atomic mass is 35.5. The number of hydrogen-bond acceptors (Lipinski definition) is 6. The minimum atomic E-state index is -0.579. The predicted molar refractivity (Wildman–Crippen MR) is 204 cm³/mol. The van der Waals surface area contributed by atoms with Crippen molar-refractivity contribution in [2.24, 2.45) is 0 Å². The zero-order valence-electron chi connectivity index (χ0n) is 31.0. The molecule has 1 N–H and O–H groups in total. The Morgan fingerprint density at radius 2 is 1.34 bits per heavy atom. The van der Waals surface area contributed by atoms with Crippen LogP contribution in [0, 0.1) is 12.7 Å². The van der Waals surface area contributed by atoms with Gasteiger partial charge in [-0.05, 0) is 103 Å². The predicted octanol–water partition coefficient (Wildman–Crippen LogP) is 8.82. The Bertz CT molecular complexity index is 2450. The van der Waals surface area contributed by atoms with Gasteiger partial charge in [0.25, 0.3) is 11.8 Å². The number of carbonyl (C=O) groups excluding carboxylic acids is 2. The van der Waals surface area contributed by atoms with Crippen molar-refractivity contribution in [1.29, 1.82) is 0 Å². The van der Waals surface area contributed by atoms with Crippen molar-refractivity contribution >= 4 is 40.4 Å². The van der Waals surface area contributed by atoms with Crippen LogP contribution in [0.25, 0.3) is 33.5 Å². The Kier molecular flexibility index (Phi) is 8.21. The molecule has 8 rings (SSSR count). The van der Waals surface area contributed by atoms with Crippen molar-refractivity contribution in [2.75, 3.05) is 5.32 Å². The van der Waals surface area contributed by atoms with E-state index >= 15 is 4.39 Å². The number of hydrogen-bond donors (Lipinski definition) is 1. The van der Waals surface area contributed by atoms with Gasteiger partial charge in [-0.3, -0.25) is 18.4 Å². The van der Waals surface area contributed by atoms with Gasteiger partial charge in [0, 0.05) is 46.4 Å². The van der Waals surface area contributed by atoms with E-state index in [-0.39, 0.29) is 40.1 Å². The second-order valence-electron chi connectivity index (χ2n) is 16.4. The molecule has 2 aliphatic carbocycles. The molecule has 53 heavy (non-hydrogen) atoms. The molecule has 12 heteroatoms. The summed E-state index contributed by atoms with van der Waals surface area (Å²) in [6.07, 6.45) is 7.55. The van der Waals surface area contributed by atoms with Gasteiger partial charge in [0.2, 0.25) is 0 Å². The van der Waals surface area contributed by atoms with Crippen LogP contribution in [0.2, 0.25) is 5.02 Å².